The van der Waals surface area contributed by atoms with Crippen LogP contribution in [0.4, 0.5) is 0 Å². The molecule has 1 unspecified atom stereocenters. The Bertz CT molecular complexity index is 246. The molecule has 0 saturated heterocycles. The molecule has 100 valence electrons. The average molecular weight is 246 g/mol. The van der Waals surface area contributed by atoms with Crippen LogP contribution < -0.4 is 5.32 Å². The smallest absolute Gasteiger partial charge is 0.304 e. The summed E-state index contributed by atoms with van der Waals surface area (Å²) in [4.78, 5) is 22.9. The third kappa shape index (κ3) is 8.65. The molecule has 0 saturated carbocycles. The SMILES string of the molecule is CCNCC(CCC(=O)O)N(C)CCC(=O)O. The number of aliphatic carboxylic acids is 2. The van der Waals surface area contributed by atoms with Gasteiger partial charge in [0.25, 0.3) is 0 Å². The Balaban J connectivity index is 4.12. The van der Waals surface area contributed by atoms with Gasteiger partial charge in [-0.15, -0.1) is 0 Å². The van der Waals surface area contributed by atoms with E-state index in [-0.39, 0.29) is 18.9 Å². The van der Waals surface area contributed by atoms with Crippen LogP contribution >= 0.6 is 0 Å². The van der Waals surface area contributed by atoms with Crippen LogP contribution in [0.25, 0.3) is 0 Å². The van der Waals surface area contributed by atoms with E-state index in [4.69, 9.17) is 10.2 Å². The van der Waals surface area contributed by atoms with Gasteiger partial charge < -0.3 is 20.4 Å². The second kappa shape index (κ2) is 8.95. The highest BCUT2D eigenvalue weighted by Gasteiger charge is 2.16. The van der Waals surface area contributed by atoms with Gasteiger partial charge in [-0.1, -0.05) is 6.92 Å². The molecular formula is C11H22N2O4. The van der Waals surface area contributed by atoms with Crippen molar-refractivity contribution >= 4 is 11.9 Å². The Morgan fingerprint density at radius 1 is 1.24 bits per heavy atom. The Labute approximate surface area is 102 Å². The van der Waals surface area contributed by atoms with Gasteiger partial charge >= 0.3 is 11.9 Å². The number of rotatable bonds is 10. The lowest BCUT2D eigenvalue weighted by atomic mass is 10.1. The third-order valence-corrected chi connectivity index (χ3v) is 2.62. The summed E-state index contributed by atoms with van der Waals surface area (Å²) in [6, 6.07) is 0.0606. The molecule has 0 aromatic heterocycles. The molecule has 0 aromatic rings. The second-order valence-corrected chi connectivity index (χ2v) is 4.02. The fourth-order valence-electron chi connectivity index (χ4n) is 1.53. The predicted molar refractivity (Wildman–Crippen MR) is 64.1 cm³/mol. The van der Waals surface area contributed by atoms with E-state index in [0.717, 1.165) is 6.54 Å². The second-order valence-electron chi connectivity index (χ2n) is 4.02. The highest BCUT2D eigenvalue weighted by Crippen LogP contribution is 2.05. The van der Waals surface area contributed by atoms with Gasteiger partial charge in [0.15, 0.2) is 0 Å². The quantitative estimate of drug-likeness (QED) is 0.511. The lowest BCUT2D eigenvalue weighted by Gasteiger charge is -2.27. The van der Waals surface area contributed by atoms with Gasteiger partial charge in [0.1, 0.15) is 0 Å². The molecule has 0 aliphatic rings. The zero-order chi connectivity index (χ0) is 13.3. The summed E-state index contributed by atoms with van der Waals surface area (Å²) in [5, 5.41) is 20.4. The molecule has 1 atom stereocenters. The maximum atomic E-state index is 10.5. The van der Waals surface area contributed by atoms with Crippen molar-refractivity contribution in [1.29, 1.82) is 0 Å². The maximum absolute atomic E-state index is 10.5. The van der Waals surface area contributed by atoms with Crippen molar-refractivity contribution in [2.45, 2.75) is 32.2 Å². The van der Waals surface area contributed by atoms with Crippen molar-refractivity contribution < 1.29 is 19.8 Å². The lowest BCUT2D eigenvalue weighted by Crippen LogP contribution is -2.41. The van der Waals surface area contributed by atoms with E-state index in [1.165, 1.54) is 0 Å². The summed E-state index contributed by atoms with van der Waals surface area (Å²) in [7, 11) is 1.83. The van der Waals surface area contributed by atoms with Gasteiger partial charge in [-0.25, -0.2) is 0 Å². The van der Waals surface area contributed by atoms with Crippen LogP contribution in [0.1, 0.15) is 26.2 Å². The van der Waals surface area contributed by atoms with Crippen molar-refractivity contribution in [1.82, 2.24) is 10.2 Å². The van der Waals surface area contributed by atoms with E-state index in [2.05, 4.69) is 5.32 Å². The zero-order valence-electron chi connectivity index (χ0n) is 10.5. The third-order valence-electron chi connectivity index (χ3n) is 2.62. The van der Waals surface area contributed by atoms with Crippen LogP contribution in [0.15, 0.2) is 0 Å². The standard InChI is InChI=1S/C11H22N2O4/c1-3-12-8-9(4-5-10(14)15)13(2)7-6-11(16)17/h9,12H,3-8H2,1-2H3,(H,14,15)(H,16,17). The summed E-state index contributed by atoms with van der Waals surface area (Å²) >= 11 is 0. The molecule has 17 heavy (non-hydrogen) atoms. The molecular weight excluding hydrogens is 224 g/mol. The van der Waals surface area contributed by atoms with Crippen LogP contribution in [0.3, 0.4) is 0 Å². The van der Waals surface area contributed by atoms with Crippen LogP contribution in [-0.2, 0) is 9.59 Å². The molecule has 0 aliphatic carbocycles. The maximum Gasteiger partial charge on any atom is 0.304 e. The van der Waals surface area contributed by atoms with Crippen LogP contribution in [-0.4, -0.2) is 59.8 Å². The summed E-state index contributed by atoms with van der Waals surface area (Å²) in [6.45, 7) is 3.91. The summed E-state index contributed by atoms with van der Waals surface area (Å²) in [5.41, 5.74) is 0. The lowest BCUT2D eigenvalue weighted by molar-refractivity contribution is -0.139. The molecule has 0 aliphatic heterocycles. The number of nitrogens with zero attached hydrogens (tertiary/aromatic N) is 1. The number of likely N-dealkylation sites (N-methyl/N-ethyl adjacent to an activating group) is 2. The Kier molecular flexibility index (Phi) is 8.35. The highest BCUT2D eigenvalue weighted by atomic mass is 16.4. The first-order valence-electron chi connectivity index (χ1n) is 5.81. The van der Waals surface area contributed by atoms with Crippen molar-refractivity contribution in [3.8, 4) is 0 Å². The molecule has 0 heterocycles. The first kappa shape index (κ1) is 15.9. The van der Waals surface area contributed by atoms with Crippen LogP contribution in [0.5, 0.6) is 0 Å². The van der Waals surface area contributed by atoms with E-state index in [9.17, 15) is 9.59 Å². The molecule has 0 amide bonds. The number of carboxylic acid groups (broad SMARTS) is 2. The van der Waals surface area contributed by atoms with E-state index in [1.54, 1.807) is 0 Å². The van der Waals surface area contributed by atoms with Crippen molar-refractivity contribution in [3.05, 3.63) is 0 Å². The Morgan fingerprint density at radius 3 is 2.29 bits per heavy atom. The molecule has 0 radical (unpaired) electrons. The molecule has 0 aromatic carbocycles. The van der Waals surface area contributed by atoms with E-state index < -0.39 is 11.9 Å². The Hall–Kier alpha value is -1.14. The van der Waals surface area contributed by atoms with Gasteiger partial charge in [-0.3, -0.25) is 9.59 Å². The molecule has 0 bridgehead atoms. The van der Waals surface area contributed by atoms with E-state index >= 15 is 0 Å². The van der Waals surface area contributed by atoms with Crippen molar-refractivity contribution in [3.63, 3.8) is 0 Å². The van der Waals surface area contributed by atoms with Crippen LogP contribution in [0.2, 0.25) is 0 Å². The molecule has 0 rings (SSSR count). The van der Waals surface area contributed by atoms with E-state index in [1.807, 2.05) is 18.9 Å². The van der Waals surface area contributed by atoms with Gasteiger partial charge in [-0.05, 0) is 20.0 Å². The first-order chi connectivity index (χ1) is 7.97. The first-order valence-corrected chi connectivity index (χ1v) is 5.81. The number of carboxylic acids is 2. The summed E-state index contributed by atoms with van der Waals surface area (Å²) < 4.78 is 0. The monoisotopic (exact) mass is 246 g/mol. The minimum atomic E-state index is -0.836. The summed E-state index contributed by atoms with van der Waals surface area (Å²) in [6.07, 6.45) is 0.706. The topological polar surface area (TPSA) is 89.9 Å². The number of hydrogen-bond acceptors (Lipinski definition) is 4. The number of hydrogen-bond donors (Lipinski definition) is 3. The molecule has 3 N–H and O–H groups in total. The van der Waals surface area contributed by atoms with Gasteiger partial charge in [-0.2, -0.15) is 0 Å². The predicted octanol–water partition coefficient (Wildman–Crippen LogP) is 0.236. The minimum absolute atomic E-state index is 0.0606. The van der Waals surface area contributed by atoms with Gasteiger partial charge in [0.05, 0.1) is 6.42 Å². The van der Waals surface area contributed by atoms with Crippen molar-refractivity contribution in [2.75, 3.05) is 26.7 Å². The minimum Gasteiger partial charge on any atom is -0.481 e. The van der Waals surface area contributed by atoms with Crippen LogP contribution in [0, 0.1) is 0 Å². The molecule has 0 spiro atoms. The molecule has 6 nitrogen and oxygen atoms in total. The largest absolute Gasteiger partial charge is 0.481 e. The number of carbonyl (C=O) groups is 2. The average Bonchev–Trinajstić information content (AvgIpc) is 2.25. The fraction of sp³-hybridized carbons (Fsp3) is 0.818. The number of nitrogens with one attached hydrogen (secondary N) is 1. The van der Waals surface area contributed by atoms with Gasteiger partial charge in [0.2, 0.25) is 0 Å². The zero-order valence-corrected chi connectivity index (χ0v) is 10.5. The molecule has 0 fully saturated rings. The van der Waals surface area contributed by atoms with Gasteiger partial charge in [0, 0.05) is 25.6 Å². The van der Waals surface area contributed by atoms with Crippen molar-refractivity contribution in [2.24, 2.45) is 0 Å². The Morgan fingerprint density at radius 2 is 1.82 bits per heavy atom. The normalized spacial score (nSPS) is 12.6. The van der Waals surface area contributed by atoms with E-state index in [0.29, 0.717) is 19.5 Å². The summed E-state index contributed by atoms with van der Waals surface area (Å²) in [5.74, 6) is -1.66. The highest BCUT2D eigenvalue weighted by molar-refractivity contribution is 5.67. The molecule has 6 heteroatoms. The fourth-order valence-corrected chi connectivity index (χ4v) is 1.53.